The standard InChI is InChI=1S/C24H30N4O2/c1-14(2)19-12-21(26-24-22(19)23(18-10-11-18)27-28(24)5)30-13-20(29)25-16(4)17-8-6-15(3)7-9-17/h6-9,12,14,16,18H,10-11,13H2,1-5H3,(H,25,29)/t16-/m0/s1. The summed E-state index contributed by atoms with van der Waals surface area (Å²) in [6.45, 7) is 8.28. The van der Waals surface area contributed by atoms with Gasteiger partial charge in [-0.05, 0) is 43.7 Å². The summed E-state index contributed by atoms with van der Waals surface area (Å²) < 4.78 is 7.63. The van der Waals surface area contributed by atoms with Crippen molar-refractivity contribution in [1.82, 2.24) is 20.1 Å². The summed E-state index contributed by atoms with van der Waals surface area (Å²) in [6.07, 6.45) is 2.39. The Bertz CT molecular complexity index is 1060. The number of aromatic nitrogens is 3. The minimum absolute atomic E-state index is 0.0699. The van der Waals surface area contributed by atoms with Crippen LogP contribution in [0.2, 0.25) is 0 Å². The minimum Gasteiger partial charge on any atom is -0.468 e. The molecule has 1 aliphatic rings. The number of carbonyl (C=O) groups is 1. The van der Waals surface area contributed by atoms with E-state index in [4.69, 9.17) is 9.84 Å². The van der Waals surface area contributed by atoms with Crippen LogP contribution >= 0.6 is 0 Å². The number of carbonyl (C=O) groups excluding carboxylic acids is 1. The first-order valence-corrected chi connectivity index (χ1v) is 10.7. The monoisotopic (exact) mass is 406 g/mol. The predicted octanol–water partition coefficient (Wildman–Crippen LogP) is 4.53. The molecule has 2 aromatic heterocycles. The van der Waals surface area contributed by atoms with Crippen molar-refractivity contribution in [1.29, 1.82) is 0 Å². The summed E-state index contributed by atoms with van der Waals surface area (Å²) in [5, 5.41) is 8.87. The fraction of sp³-hybridized carbons (Fsp3) is 0.458. The number of hydrogen-bond donors (Lipinski definition) is 1. The lowest BCUT2D eigenvalue weighted by Crippen LogP contribution is -2.31. The second-order valence-electron chi connectivity index (χ2n) is 8.67. The van der Waals surface area contributed by atoms with E-state index in [-0.39, 0.29) is 18.6 Å². The zero-order valence-electron chi connectivity index (χ0n) is 18.4. The smallest absolute Gasteiger partial charge is 0.258 e. The van der Waals surface area contributed by atoms with E-state index in [2.05, 4.69) is 24.1 Å². The average Bonchev–Trinajstić information content (AvgIpc) is 3.50. The average molecular weight is 407 g/mol. The number of hydrogen-bond acceptors (Lipinski definition) is 4. The molecule has 1 N–H and O–H groups in total. The minimum atomic E-state index is -0.167. The van der Waals surface area contributed by atoms with Crippen LogP contribution in [-0.2, 0) is 11.8 Å². The molecule has 1 atom stereocenters. The van der Waals surface area contributed by atoms with Crippen LogP contribution in [0.1, 0.15) is 73.9 Å². The third-order valence-electron chi connectivity index (χ3n) is 5.72. The van der Waals surface area contributed by atoms with Crippen molar-refractivity contribution < 1.29 is 9.53 Å². The molecule has 1 aromatic carbocycles. The lowest BCUT2D eigenvalue weighted by molar-refractivity contribution is -0.123. The second kappa shape index (κ2) is 8.09. The highest BCUT2D eigenvalue weighted by atomic mass is 16.5. The van der Waals surface area contributed by atoms with E-state index in [0.717, 1.165) is 22.3 Å². The topological polar surface area (TPSA) is 69.0 Å². The van der Waals surface area contributed by atoms with E-state index in [0.29, 0.717) is 17.7 Å². The number of nitrogens with zero attached hydrogens (tertiary/aromatic N) is 3. The quantitative estimate of drug-likeness (QED) is 0.626. The number of aryl methyl sites for hydroxylation is 2. The normalized spacial score (nSPS) is 14.9. The Kier molecular flexibility index (Phi) is 5.50. The van der Waals surface area contributed by atoms with Crippen molar-refractivity contribution >= 4 is 16.9 Å². The van der Waals surface area contributed by atoms with Crippen molar-refractivity contribution in [2.24, 2.45) is 7.05 Å². The molecular formula is C24H30N4O2. The number of amides is 1. The van der Waals surface area contributed by atoms with Crippen LogP contribution in [0.3, 0.4) is 0 Å². The van der Waals surface area contributed by atoms with Gasteiger partial charge in [0.05, 0.1) is 11.7 Å². The zero-order chi connectivity index (χ0) is 21.4. The summed E-state index contributed by atoms with van der Waals surface area (Å²) in [4.78, 5) is 17.1. The highest BCUT2D eigenvalue weighted by molar-refractivity contribution is 5.84. The molecule has 3 aromatic rings. The molecular weight excluding hydrogens is 376 g/mol. The number of nitrogens with one attached hydrogen (secondary N) is 1. The van der Waals surface area contributed by atoms with Gasteiger partial charge in [-0.2, -0.15) is 10.1 Å². The molecule has 2 heterocycles. The third-order valence-corrected chi connectivity index (χ3v) is 5.72. The van der Waals surface area contributed by atoms with Crippen molar-refractivity contribution in [2.75, 3.05) is 6.61 Å². The first kappa shape index (κ1) is 20.4. The first-order chi connectivity index (χ1) is 14.3. The van der Waals surface area contributed by atoms with Crippen LogP contribution in [0.15, 0.2) is 30.3 Å². The lowest BCUT2D eigenvalue weighted by atomic mass is 9.98. The molecule has 0 aliphatic heterocycles. The molecule has 1 amide bonds. The Morgan fingerprint density at radius 3 is 2.57 bits per heavy atom. The van der Waals surface area contributed by atoms with Crippen molar-refractivity contribution in [3.8, 4) is 5.88 Å². The Morgan fingerprint density at radius 1 is 1.23 bits per heavy atom. The highest BCUT2D eigenvalue weighted by Gasteiger charge is 2.31. The lowest BCUT2D eigenvalue weighted by Gasteiger charge is -2.15. The molecule has 4 rings (SSSR count). The molecule has 0 unspecified atom stereocenters. The maximum Gasteiger partial charge on any atom is 0.258 e. The molecule has 0 radical (unpaired) electrons. The molecule has 0 bridgehead atoms. The number of benzene rings is 1. The number of ether oxygens (including phenoxy) is 1. The summed E-state index contributed by atoms with van der Waals surface area (Å²) in [6, 6.07) is 10.0. The first-order valence-electron chi connectivity index (χ1n) is 10.7. The van der Waals surface area contributed by atoms with Crippen LogP contribution in [0.5, 0.6) is 5.88 Å². The molecule has 6 nitrogen and oxygen atoms in total. The summed E-state index contributed by atoms with van der Waals surface area (Å²) in [5.41, 5.74) is 5.42. The third kappa shape index (κ3) is 4.18. The fourth-order valence-electron chi connectivity index (χ4n) is 3.82. The summed E-state index contributed by atoms with van der Waals surface area (Å²) in [7, 11) is 1.92. The van der Waals surface area contributed by atoms with Gasteiger partial charge < -0.3 is 10.1 Å². The zero-order valence-corrected chi connectivity index (χ0v) is 18.4. The largest absolute Gasteiger partial charge is 0.468 e. The number of fused-ring (bicyclic) bond motifs is 1. The van der Waals surface area contributed by atoms with E-state index in [1.54, 1.807) is 0 Å². The Labute approximate surface area is 177 Å². The predicted molar refractivity (Wildman–Crippen MR) is 118 cm³/mol. The fourth-order valence-corrected chi connectivity index (χ4v) is 3.82. The molecule has 30 heavy (non-hydrogen) atoms. The van der Waals surface area contributed by atoms with Gasteiger partial charge in [0.15, 0.2) is 12.3 Å². The van der Waals surface area contributed by atoms with E-state index in [1.807, 2.05) is 55.9 Å². The van der Waals surface area contributed by atoms with Crippen LogP contribution in [0, 0.1) is 6.92 Å². The van der Waals surface area contributed by atoms with E-state index in [9.17, 15) is 4.79 Å². The summed E-state index contributed by atoms with van der Waals surface area (Å²) in [5.74, 6) is 1.16. The second-order valence-corrected chi connectivity index (χ2v) is 8.67. The van der Waals surface area contributed by atoms with Gasteiger partial charge in [-0.25, -0.2) is 0 Å². The van der Waals surface area contributed by atoms with Gasteiger partial charge in [0.25, 0.3) is 5.91 Å². The van der Waals surface area contributed by atoms with Gasteiger partial charge in [0.1, 0.15) is 0 Å². The van der Waals surface area contributed by atoms with E-state index in [1.165, 1.54) is 24.0 Å². The van der Waals surface area contributed by atoms with E-state index < -0.39 is 0 Å². The molecule has 1 fully saturated rings. The van der Waals surface area contributed by atoms with Crippen LogP contribution in [0.25, 0.3) is 11.0 Å². The van der Waals surface area contributed by atoms with Crippen molar-refractivity contribution in [2.45, 2.75) is 58.4 Å². The van der Waals surface area contributed by atoms with Crippen molar-refractivity contribution in [3.63, 3.8) is 0 Å². The highest BCUT2D eigenvalue weighted by Crippen LogP contribution is 2.44. The molecule has 158 valence electrons. The SMILES string of the molecule is Cc1ccc([C@H](C)NC(=O)COc2cc(C(C)C)c3c(C4CC4)nn(C)c3n2)cc1. The van der Waals surface area contributed by atoms with Crippen molar-refractivity contribution in [3.05, 3.63) is 52.7 Å². The molecule has 0 spiro atoms. The van der Waals surface area contributed by atoms with Crippen LogP contribution in [-0.4, -0.2) is 27.3 Å². The molecule has 0 saturated heterocycles. The number of rotatable bonds is 7. The van der Waals surface area contributed by atoms with Gasteiger partial charge in [0, 0.05) is 24.4 Å². The maximum atomic E-state index is 12.4. The van der Waals surface area contributed by atoms with Gasteiger partial charge in [-0.3, -0.25) is 9.48 Å². The van der Waals surface area contributed by atoms with E-state index >= 15 is 0 Å². The van der Waals surface area contributed by atoms with Gasteiger partial charge in [0.2, 0.25) is 5.88 Å². The van der Waals surface area contributed by atoms with Gasteiger partial charge in [-0.1, -0.05) is 43.7 Å². The Hall–Kier alpha value is -2.89. The Balaban J connectivity index is 1.49. The molecule has 1 saturated carbocycles. The van der Waals surface area contributed by atoms with Gasteiger partial charge >= 0.3 is 0 Å². The molecule has 6 heteroatoms. The molecule has 1 aliphatic carbocycles. The van der Waals surface area contributed by atoms with Crippen LogP contribution in [0.4, 0.5) is 0 Å². The maximum absolute atomic E-state index is 12.4. The Morgan fingerprint density at radius 2 is 1.93 bits per heavy atom. The van der Waals surface area contributed by atoms with Gasteiger partial charge in [-0.15, -0.1) is 0 Å². The summed E-state index contributed by atoms with van der Waals surface area (Å²) >= 11 is 0. The number of pyridine rings is 1. The van der Waals surface area contributed by atoms with Crippen LogP contribution < -0.4 is 10.1 Å².